The van der Waals surface area contributed by atoms with E-state index in [1.54, 1.807) is 20.4 Å². The molecule has 1 aromatic heterocycles. The SMILES string of the molecule is COc1cc(Cc2cnc(NC(=O)c3cc(OC)c(OC)c(OC)c3)nc2N)cc(OC)c1OC. The van der Waals surface area contributed by atoms with Crippen LogP contribution in [0.15, 0.2) is 30.5 Å². The summed E-state index contributed by atoms with van der Waals surface area (Å²) in [5, 5.41) is 2.63. The Balaban J connectivity index is 1.82. The predicted molar refractivity (Wildman–Crippen MR) is 129 cm³/mol. The lowest BCUT2D eigenvalue weighted by Crippen LogP contribution is -2.16. The summed E-state index contributed by atoms with van der Waals surface area (Å²) in [5.41, 5.74) is 7.94. The summed E-state index contributed by atoms with van der Waals surface area (Å²) >= 11 is 0. The second-order valence-corrected chi connectivity index (χ2v) is 7.18. The van der Waals surface area contributed by atoms with Gasteiger partial charge in [-0.2, -0.15) is 4.98 Å². The van der Waals surface area contributed by atoms with Crippen LogP contribution in [0.4, 0.5) is 11.8 Å². The highest BCUT2D eigenvalue weighted by Crippen LogP contribution is 2.39. The number of benzene rings is 2. The fourth-order valence-electron chi connectivity index (χ4n) is 3.46. The molecule has 0 bridgehead atoms. The van der Waals surface area contributed by atoms with E-state index in [0.717, 1.165) is 5.56 Å². The van der Waals surface area contributed by atoms with Gasteiger partial charge in [0, 0.05) is 23.7 Å². The largest absolute Gasteiger partial charge is 0.493 e. The summed E-state index contributed by atoms with van der Waals surface area (Å²) in [5.74, 6) is 2.41. The van der Waals surface area contributed by atoms with Gasteiger partial charge in [-0.25, -0.2) is 4.98 Å². The van der Waals surface area contributed by atoms with Gasteiger partial charge in [-0.3, -0.25) is 10.1 Å². The average Bonchev–Trinajstić information content (AvgIpc) is 2.88. The van der Waals surface area contributed by atoms with Crippen LogP contribution in [0.2, 0.25) is 0 Å². The molecule has 11 heteroatoms. The number of nitrogens with two attached hydrogens (primary N) is 1. The van der Waals surface area contributed by atoms with Crippen LogP contribution >= 0.6 is 0 Å². The maximum atomic E-state index is 12.8. The number of amides is 1. The van der Waals surface area contributed by atoms with Crippen LogP contribution in [0.3, 0.4) is 0 Å². The van der Waals surface area contributed by atoms with E-state index < -0.39 is 5.91 Å². The van der Waals surface area contributed by atoms with Gasteiger partial charge >= 0.3 is 0 Å². The van der Waals surface area contributed by atoms with Gasteiger partial charge < -0.3 is 34.2 Å². The normalized spacial score (nSPS) is 10.3. The smallest absolute Gasteiger partial charge is 0.258 e. The van der Waals surface area contributed by atoms with Crippen LogP contribution in [0, 0.1) is 0 Å². The van der Waals surface area contributed by atoms with Crippen molar-refractivity contribution in [3.63, 3.8) is 0 Å². The molecule has 0 radical (unpaired) electrons. The third kappa shape index (κ3) is 5.40. The van der Waals surface area contributed by atoms with E-state index in [0.29, 0.717) is 46.5 Å². The van der Waals surface area contributed by atoms with Crippen molar-refractivity contribution in [1.29, 1.82) is 0 Å². The Hall–Kier alpha value is -4.41. The number of carbonyl (C=O) groups is 1. The van der Waals surface area contributed by atoms with Gasteiger partial charge in [0.05, 0.1) is 42.7 Å². The summed E-state index contributed by atoms with van der Waals surface area (Å²) in [6.07, 6.45) is 1.96. The van der Waals surface area contributed by atoms with E-state index in [9.17, 15) is 4.79 Å². The molecule has 186 valence electrons. The lowest BCUT2D eigenvalue weighted by Gasteiger charge is -2.15. The summed E-state index contributed by atoms with van der Waals surface area (Å²) in [4.78, 5) is 21.3. The zero-order chi connectivity index (χ0) is 25.5. The zero-order valence-electron chi connectivity index (χ0n) is 20.4. The molecule has 0 aliphatic rings. The van der Waals surface area contributed by atoms with E-state index in [2.05, 4.69) is 15.3 Å². The number of aromatic nitrogens is 2. The molecule has 0 fully saturated rings. The number of hydrogen-bond acceptors (Lipinski definition) is 10. The standard InChI is InChI=1S/C24H28N4O7/c1-30-16-8-13(9-17(31-2)20(16)34-5)7-15-12-26-24(27-22(15)25)28-23(29)14-10-18(32-3)21(35-6)19(11-14)33-4/h8-12H,7H2,1-6H3,(H3,25,26,27,28,29). The Bertz CT molecular complexity index is 1170. The van der Waals surface area contributed by atoms with Gasteiger partial charge in [0.1, 0.15) is 5.82 Å². The molecule has 35 heavy (non-hydrogen) atoms. The van der Waals surface area contributed by atoms with Crippen molar-refractivity contribution in [2.24, 2.45) is 0 Å². The maximum absolute atomic E-state index is 12.8. The van der Waals surface area contributed by atoms with Crippen molar-refractivity contribution < 1.29 is 33.2 Å². The molecule has 1 amide bonds. The van der Waals surface area contributed by atoms with Crippen LogP contribution in [-0.4, -0.2) is 58.5 Å². The van der Waals surface area contributed by atoms with Gasteiger partial charge in [0.2, 0.25) is 17.4 Å². The van der Waals surface area contributed by atoms with E-state index in [1.165, 1.54) is 40.6 Å². The molecule has 0 spiro atoms. The highest BCUT2D eigenvalue weighted by Gasteiger charge is 2.19. The lowest BCUT2D eigenvalue weighted by atomic mass is 10.1. The molecule has 0 saturated heterocycles. The van der Waals surface area contributed by atoms with Gasteiger partial charge in [0.25, 0.3) is 5.91 Å². The number of ether oxygens (including phenoxy) is 6. The molecule has 1 heterocycles. The molecular formula is C24H28N4O7. The molecule has 0 unspecified atom stereocenters. The molecular weight excluding hydrogens is 456 g/mol. The Morgan fingerprint density at radius 3 is 1.71 bits per heavy atom. The molecule has 0 saturated carbocycles. The minimum absolute atomic E-state index is 0.0508. The average molecular weight is 485 g/mol. The first-order chi connectivity index (χ1) is 16.9. The number of rotatable bonds is 10. The molecule has 3 N–H and O–H groups in total. The van der Waals surface area contributed by atoms with E-state index in [-0.39, 0.29) is 17.3 Å². The summed E-state index contributed by atoms with van der Waals surface area (Å²) < 4.78 is 32.0. The van der Waals surface area contributed by atoms with Crippen LogP contribution in [0.5, 0.6) is 34.5 Å². The first-order valence-corrected chi connectivity index (χ1v) is 10.4. The second kappa shape index (κ2) is 11.1. The number of nitrogens with one attached hydrogen (secondary N) is 1. The zero-order valence-corrected chi connectivity index (χ0v) is 20.4. The van der Waals surface area contributed by atoms with Crippen molar-refractivity contribution in [1.82, 2.24) is 9.97 Å². The molecule has 0 atom stereocenters. The second-order valence-electron chi connectivity index (χ2n) is 7.18. The molecule has 11 nitrogen and oxygen atoms in total. The monoisotopic (exact) mass is 484 g/mol. The Labute approximate surface area is 203 Å². The third-order valence-electron chi connectivity index (χ3n) is 5.17. The molecule has 3 rings (SSSR count). The number of carbonyl (C=O) groups excluding carboxylic acids is 1. The lowest BCUT2D eigenvalue weighted by molar-refractivity contribution is 0.102. The molecule has 0 aliphatic heterocycles. The van der Waals surface area contributed by atoms with Crippen LogP contribution < -0.4 is 39.5 Å². The Kier molecular flexibility index (Phi) is 8.03. The van der Waals surface area contributed by atoms with Crippen molar-refractivity contribution in [3.8, 4) is 34.5 Å². The number of anilines is 2. The van der Waals surface area contributed by atoms with Crippen LogP contribution in [-0.2, 0) is 6.42 Å². The van der Waals surface area contributed by atoms with E-state index >= 15 is 0 Å². The van der Waals surface area contributed by atoms with Crippen molar-refractivity contribution >= 4 is 17.7 Å². The molecule has 3 aromatic rings. The summed E-state index contributed by atoms with van der Waals surface area (Å²) in [7, 11) is 9.05. The summed E-state index contributed by atoms with van der Waals surface area (Å²) in [6.45, 7) is 0. The van der Waals surface area contributed by atoms with Gasteiger partial charge in [-0.05, 0) is 29.8 Å². The van der Waals surface area contributed by atoms with E-state index in [1.807, 2.05) is 12.1 Å². The number of nitrogens with zero attached hydrogens (tertiary/aromatic N) is 2. The number of methoxy groups -OCH3 is 6. The quantitative estimate of drug-likeness (QED) is 0.442. The third-order valence-corrected chi connectivity index (χ3v) is 5.17. The van der Waals surface area contributed by atoms with Crippen LogP contribution in [0.25, 0.3) is 0 Å². The fourth-order valence-corrected chi connectivity index (χ4v) is 3.46. The number of hydrogen-bond donors (Lipinski definition) is 2. The fraction of sp³-hybridized carbons (Fsp3) is 0.292. The maximum Gasteiger partial charge on any atom is 0.258 e. The van der Waals surface area contributed by atoms with Crippen molar-refractivity contribution in [2.45, 2.75) is 6.42 Å². The van der Waals surface area contributed by atoms with E-state index in [4.69, 9.17) is 34.2 Å². The first kappa shape index (κ1) is 25.2. The Morgan fingerprint density at radius 2 is 1.29 bits per heavy atom. The first-order valence-electron chi connectivity index (χ1n) is 10.4. The van der Waals surface area contributed by atoms with Gasteiger partial charge in [-0.15, -0.1) is 0 Å². The highest BCUT2D eigenvalue weighted by atomic mass is 16.5. The van der Waals surface area contributed by atoms with Gasteiger partial charge in [-0.1, -0.05) is 0 Å². The minimum Gasteiger partial charge on any atom is -0.493 e. The molecule has 0 aliphatic carbocycles. The number of nitrogen functional groups attached to an aromatic ring is 1. The summed E-state index contributed by atoms with van der Waals surface area (Å²) in [6, 6.07) is 6.69. The van der Waals surface area contributed by atoms with Gasteiger partial charge in [0.15, 0.2) is 23.0 Å². The van der Waals surface area contributed by atoms with Crippen LogP contribution in [0.1, 0.15) is 21.5 Å². The molecule has 2 aromatic carbocycles. The van der Waals surface area contributed by atoms with Crippen molar-refractivity contribution in [3.05, 3.63) is 47.2 Å². The Morgan fingerprint density at radius 1 is 0.800 bits per heavy atom. The topological polar surface area (TPSA) is 136 Å². The minimum atomic E-state index is -0.471. The van der Waals surface area contributed by atoms with Crippen molar-refractivity contribution in [2.75, 3.05) is 53.7 Å². The predicted octanol–water partition coefficient (Wildman–Crippen LogP) is 2.95. The highest BCUT2D eigenvalue weighted by molar-refractivity contribution is 6.04.